The minimum atomic E-state index is 0.646. The number of hydrogen-bond donors (Lipinski definition) is 0. The van der Waals surface area contributed by atoms with Gasteiger partial charge in [0.1, 0.15) is 0 Å². The van der Waals surface area contributed by atoms with Crippen LogP contribution in [0.25, 0.3) is 5.65 Å². The van der Waals surface area contributed by atoms with Crippen LogP contribution in [0.4, 0.5) is 0 Å². The van der Waals surface area contributed by atoms with Crippen molar-refractivity contribution in [2.45, 2.75) is 46.6 Å². The summed E-state index contributed by atoms with van der Waals surface area (Å²) in [6, 6.07) is 3.98. The Morgan fingerprint density at radius 2 is 2.09 bits per heavy atom. The lowest BCUT2D eigenvalue weighted by Crippen LogP contribution is -2.05. The molecule has 0 radical (unpaired) electrons. The number of rotatable bonds is 7. The standard InChI is InChI=1S/C17H23N5O/c1-4-5-6-10-23-16-8-7-9-22-15(14(3)18-17(16)22)12-21-11-13(2)19-20-21/h7-9,11H,4-6,10,12H2,1-3H3. The lowest BCUT2D eigenvalue weighted by molar-refractivity contribution is 0.308. The second kappa shape index (κ2) is 6.81. The molecule has 122 valence electrons. The van der Waals surface area contributed by atoms with Crippen LogP contribution < -0.4 is 4.74 Å². The first-order valence-electron chi connectivity index (χ1n) is 8.15. The first-order chi connectivity index (χ1) is 11.2. The van der Waals surface area contributed by atoms with Crippen molar-refractivity contribution in [1.82, 2.24) is 24.4 Å². The fourth-order valence-corrected chi connectivity index (χ4v) is 2.67. The quantitative estimate of drug-likeness (QED) is 0.629. The molecule has 0 bridgehead atoms. The molecule has 0 N–H and O–H groups in total. The molecule has 0 unspecified atom stereocenters. The molecule has 3 aromatic heterocycles. The lowest BCUT2D eigenvalue weighted by atomic mass is 10.3. The molecule has 0 aliphatic carbocycles. The molecule has 3 rings (SSSR count). The molecule has 0 atom stereocenters. The zero-order chi connectivity index (χ0) is 16.2. The summed E-state index contributed by atoms with van der Waals surface area (Å²) >= 11 is 0. The van der Waals surface area contributed by atoms with Crippen molar-refractivity contribution in [3.63, 3.8) is 0 Å². The number of aryl methyl sites for hydroxylation is 2. The van der Waals surface area contributed by atoms with E-state index in [-0.39, 0.29) is 0 Å². The molecule has 0 amide bonds. The van der Waals surface area contributed by atoms with Gasteiger partial charge in [0, 0.05) is 12.4 Å². The maximum absolute atomic E-state index is 5.93. The highest BCUT2D eigenvalue weighted by Gasteiger charge is 2.13. The zero-order valence-electron chi connectivity index (χ0n) is 14.0. The highest BCUT2D eigenvalue weighted by Crippen LogP contribution is 2.22. The molecule has 23 heavy (non-hydrogen) atoms. The number of hydrogen-bond acceptors (Lipinski definition) is 4. The Morgan fingerprint density at radius 1 is 1.22 bits per heavy atom. The summed E-state index contributed by atoms with van der Waals surface area (Å²) in [6.07, 6.45) is 7.41. The van der Waals surface area contributed by atoms with Crippen LogP contribution in [0.3, 0.4) is 0 Å². The van der Waals surface area contributed by atoms with E-state index in [2.05, 4.69) is 21.6 Å². The summed E-state index contributed by atoms with van der Waals surface area (Å²) in [5.41, 5.74) is 3.87. The topological polar surface area (TPSA) is 57.2 Å². The first kappa shape index (κ1) is 15.5. The summed E-state index contributed by atoms with van der Waals surface area (Å²) in [7, 11) is 0. The van der Waals surface area contributed by atoms with Crippen LogP contribution in [-0.2, 0) is 6.54 Å². The smallest absolute Gasteiger partial charge is 0.180 e. The minimum absolute atomic E-state index is 0.646. The van der Waals surface area contributed by atoms with Gasteiger partial charge in [0.25, 0.3) is 0 Å². The third-order valence-electron chi connectivity index (χ3n) is 3.88. The summed E-state index contributed by atoms with van der Waals surface area (Å²) in [5.74, 6) is 0.840. The predicted octanol–water partition coefficient (Wildman–Crippen LogP) is 3.16. The van der Waals surface area contributed by atoms with Crippen LogP contribution in [0, 0.1) is 13.8 Å². The maximum Gasteiger partial charge on any atom is 0.180 e. The molecule has 6 nitrogen and oxygen atoms in total. The van der Waals surface area contributed by atoms with Gasteiger partial charge in [0.15, 0.2) is 11.4 Å². The third kappa shape index (κ3) is 3.36. The van der Waals surface area contributed by atoms with Gasteiger partial charge in [-0.25, -0.2) is 9.67 Å². The Bertz CT molecular complexity index is 789. The van der Waals surface area contributed by atoms with Gasteiger partial charge < -0.3 is 4.74 Å². The average molecular weight is 313 g/mol. The molecular formula is C17H23N5O. The Labute approximate surface area is 136 Å². The highest BCUT2D eigenvalue weighted by molar-refractivity contribution is 5.56. The van der Waals surface area contributed by atoms with E-state index < -0.39 is 0 Å². The summed E-state index contributed by atoms with van der Waals surface area (Å²) < 4.78 is 9.84. The molecule has 6 heteroatoms. The van der Waals surface area contributed by atoms with Crippen LogP contribution in [0.2, 0.25) is 0 Å². The minimum Gasteiger partial charge on any atom is -0.490 e. The second-order valence-electron chi connectivity index (χ2n) is 5.82. The Hall–Kier alpha value is -2.37. The van der Waals surface area contributed by atoms with Gasteiger partial charge in [0.05, 0.1) is 30.2 Å². The number of fused-ring (bicyclic) bond motifs is 1. The van der Waals surface area contributed by atoms with Crippen molar-refractivity contribution in [2.75, 3.05) is 6.61 Å². The molecule has 0 spiro atoms. The molecular weight excluding hydrogens is 290 g/mol. The number of imidazole rings is 1. The fraction of sp³-hybridized carbons (Fsp3) is 0.471. The lowest BCUT2D eigenvalue weighted by Gasteiger charge is -2.08. The summed E-state index contributed by atoms with van der Waals surface area (Å²) in [4.78, 5) is 4.69. The summed E-state index contributed by atoms with van der Waals surface area (Å²) in [5, 5.41) is 8.17. The van der Waals surface area contributed by atoms with Gasteiger partial charge in [-0.3, -0.25) is 4.40 Å². The number of ether oxygens (including phenoxy) is 1. The van der Waals surface area contributed by atoms with E-state index in [1.54, 1.807) is 0 Å². The van der Waals surface area contributed by atoms with Gasteiger partial charge in [-0.2, -0.15) is 0 Å². The Morgan fingerprint density at radius 3 is 2.83 bits per heavy atom. The number of unbranched alkanes of at least 4 members (excludes halogenated alkanes) is 2. The van der Waals surface area contributed by atoms with Crippen LogP contribution in [0.15, 0.2) is 24.5 Å². The van der Waals surface area contributed by atoms with Gasteiger partial charge in [-0.1, -0.05) is 25.0 Å². The van der Waals surface area contributed by atoms with E-state index in [0.29, 0.717) is 6.54 Å². The van der Waals surface area contributed by atoms with E-state index >= 15 is 0 Å². The summed E-state index contributed by atoms with van der Waals surface area (Å²) in [6.45, 7) is 7.53. The third-order valence-corrected chi connectivity index (χ3v) is 3.88. The van der Waals surface area contributed by atoms with Crippen molar-refractivity contribution < 1.29 is 4.74 Å². The largest absolute Gasteiger partial charge is 0.490 e. The number of aromatic nitrogens is 5. The molecule has 3 aromatic rings. The molecule has 0 fully saturated rings. The monoisotopic (exact) mass is 313 g/mol. The van der Waals surface area contributed by atoms with Crippen molar-refractivity contribution in [3.8, 4) is 5.75 Å². The van der Waals surface area contributed by atoms with E-state index in [0.717, 1.165) is 41.5 Å². The normalized spacial score (nSPS) is 11.3. The Kier molecular flexibility index (Phi) is 4.60. The van der Waals surface area contributed by atoms with E-state index in [9.17, 15) is 0 Å². The average Bonchev–Trinajstić information content (AvgIpc) is 3.09. The second-order valence-corrected chi connectivity index (χ2v) is 5.82. The van der Waals surface area contributed by atoms with Gasteiger partial charge in [-0.05, 0) is 32.4 Å². The molecule has 0 saturated carbocycles. The van der Waals surface area contributed by atoms with Crippen LogP contribution in [0.1, 0.15) is 43.3 Å². The zero-order valence-corrected chi connectivity index (χ0v) is 14.0. The molecule has 0 aliphatic heterocycles. The van der Waals surface area contributed by atoms with Crippen LogP contribution >= 0.6 is 0 Å². The number of pyridine rings is 1. The molecule has 3 heterocycles. The number of nitrogens with zero attached hydrogens (tertiary/aromatic N) is 5. The van der Waals surface area contributed by atoms with Crippen molar-refractivity contribution in [1.29, 1.82) is 0 Å². The van der Waals surface area contributed by atoms with E-state index in [1.807, 2.05) is 43.1 Å². The first-order valence-corrected chi connectivity index (χ1v) is 8.15. The van der Waals surface area contributed by atoms with E-state index in [4.69, 9.17) is 9.72 Å². The predicted molar refractivity (Wildman–Crippen MR) is 88.8 cm³/mol. The van der Waals surface area contributed by atoms with Crippen molar-refractivity contribution in [2.24, 2.45) is 0 Å². The van der Waals surface area contributed by atoms with Crippen LogP contribution in [0.5, 0.6) is 5.75 Å². The molecule has 0 aromatic carbocycles. The molecule has 0 aliphatic rings. The van der Waals surface area contributed by atoms with Gasteiger partial charge in [0.2, 0.25) is 0 Å². The maximum atomic E-state index is 5.93. The van der Waals surface area contributed by atoms with Gasteiger partial charge >= 0.3 is 0 Å². The van der Waals surface area contributed by atoms with Crippen molar-refractivity contribution in [3.05, 3.63) is 41.6 Å². The molecule has 0 saturated heterocycles. The van der Waals surface area contributed by atoms with Crippen molar-refractivity contribution >= 4 is 5.65 Å². The highest BCUT2D eigenvalue weighted by atomic mass is 16.5. The van der Waals surface area contributed by atoms with Gasteiger partial charge in [-0.15, -0.1) is 5.10 Å². The van der Waals surface area contributed by atoms with E-state index in [1.165, 1.54) is 12.8 Å². The van der Waals surface area contributed by atoms with Crippen LogP contribution in [-0.4, -0.2) is 31.0 Å². The fourth-order valence-electron chi connectivity index (χ4n) is 2.67. The Balaban J connectivity index is 1.86. The SMILES string of the molecule is CCCCCOc1cccn2c(Cn3cc(C)nn3)c(C)nc12.